The Bertz CT molecular complexity index is 984. The van der Waals surface area contributed by atoms with Gasteiger partial charge in [0.25, 0.3) is 5.91 Å². The number of amides is 2. The lowest BCUT2D eigenvalue weighted by atomic mass is 10.1. The van der Waals surface area contributed by atoms with Crippen molar-refractivity contribution in [1.82, 2.24) is 5.32 Å². The van der Waals surface area contributed by atoms with Crippen molar-refractivity contribution in [2.75, 3.05) is 11.9 Å². The topological polar surface area (TPSA) is 111 Å². The number of carbonyl (C=O) groups is 4. The first-order chi connectivity index (χ1) is 16.1. The minimum absolute atomic E-state index is 0.0472. The van der Waals surface area contributed by atoms with Gasteiger partial charge in [0.1, 0.15) is 11.5 Å². The van der Waals surface area contributed by atoms with E-state index in [1.165, 1.54) is 0 Å². The van der Waals surface area contributed by atoms with Crippen LogP contribution in [0.4, 0.5) is 10.5 Å². The predicted octanol–water partition coefficient (Wildman–Crippen LogP) is 4.36. The van der Waals surface area contributed by atoms with Gasteiger partial charge < -0.3 is 20.1 Å². The van der Waals surface area contributed by atoms with E-state index in [9.17, 15) is 19.2 Å². The van der Waals surface area contributed by atoms with Crippen LogP contribution >= 0.6 is 0 Å². The van der Waals surface area contributed by atoms with E-state index in [2.05, 4.69) is 23.8 Å². The Morgan fingerprint density at radius 2 is 1.41 bits per heavy atom. The fourth-order valence-electron chi connectivity index (χ4n) is 2.60. The molecule has 0 aliphatic heterocycles. The maximum Gasteiger partial charge on any atom is 0.412 e. The zero-order valence-corrected chi connectivity index (χ0v) is 19.3. The van der Waals surface area contributed by atoms with Crippen molar-refractivity contribution in [3.63, 3.8) is 0 Å². The van der Waals surface area contributed by atoms with E-state index in [1.54, 1.807) is 62.4 Å². The molecule has 0 aliphatic carbocycles. The average Bonchev–Trinajstić information content (AvgIpc) is 2.79. The summed E-state index contributed by atoms with van der Waals surface area (Å²) >= 11 is 0. The van der Waals surface area contributed by atoms with E-state index in [0.717, 1.165) is 5.56 Å². The second-order valence-electron chi connectivity index (χ2n) is 7.68. The second-order valence-corrected chi connectivity index (χ2v) is 7.68. The molecule has 0 unspecified atom stereocenters. The molecule has 2 amide bonds. The van der Waals surface area contributed by atoms with Crippen molar-refractivity contribution in [2.24, 2.45) is 0 Å². The highest BCUT2D eigenvalue weighted by molar-refractivity contribution is 6.02. The number of carbonyl (C=O) groups excluding carboxylic acids is 4. The number of ketones is 1. The zero-order chi connectivity index (χ0) is 25.1. The molecule has 0 aliphatic rings. The number of hydrogen-bond donors (Lipinski definition) is 2. The highest BCUT2D eigenvalue weighted by atomic mass is 16.6. The van der Waals surface area contributed by atoms with Crippen molar-refractivity contribution in [2.45, 2.75) is 33.1 Å². The Morgan fingerprint density at radius 1 is 0.824 bits per heavy atom. The van der Waals surface area contributed by atoms with E-state index < -0.39 is 12.1 Å². The van der Waals surface area contributed by atoms with E-state index in [-0.39, 0.29) is 31.1 Å². The molecule has 0 radical (unpaired) electrons. The first-order valence-corrected chi connectivity index (χ1v) is 10.6. The molecule has 34 heavy (non-hydrogen) atoms. The molecule has 2 rings (SSSR count). The summed E-state index contributed by atoms with van der Waals surface area (Å²) in [5.41, 5.74) is 2.24. The van der Waals surface area contributed by atoms with E-state index in [1.807, 2.05) is 0 Å². The quantitative estimate of drug-likeness (QED) is 0.221. The van der Waals surface area contributed by atoms with Crippen LogP contribution in [-0.2, 0) is 20.8 Å². The molecule has 0 bridgehead atoms. The average molecular weight is 465 g/mol. The van der Waals surface area contributed by atoms with Crippen molar-refractivity contribution in [1.29, 1.82) is 0 Å². The van der Waals surface area contributed by atoms with Crippen LogP contribution in [0.5, 0.6) is 11.5 Å². The maximum absolute atomic E-state index is 12.0. The second kappa shape index (κ2) is 12.7. The molecule has 2 aromatic carbocycles. The van der Waals surface area contributed by atoms with Crippen LogP contribution in [0.3, 0.4) is 0 Å². The van der Waals surface area contributed by atoms with Crippen LogP contribution in [0, 0.1) is 0 Å². The number of esters is 1. The molecule has 0 heterocycles. The van der Waals surface area contributed by atoms with E-state index >= 15 is 0 Å². The van der Waals surface area contributed by atoms with Gasteiger partial charge in [0.15, 0.2) is 5.78 Å². The van der Waals surface area contributed by atoms with Crippen LogP contribution < -0.4 is 20.1 Å². The first kappa shape index (κ1) is 26.1. The Hall–Kier alpha value is -4.20. The highest BCUT2D eigenvalue weighted by Gasteiger charge is 2.09. The Morgan fingerprint density at radius 3 is 2.00 bits per heavy atom. The smallest absolute Gasteiger partial charge is 0.412 e. The molecule has 8 nitrogen and oxygen atoms in total. The predicted molar refractivity (Wildman–Crippen MR) is 129 cm³/mol. The third-order valence-electron chi connectivity index (χ3n) is 4.53. The summed E-state index contributed by atoms with van der Waals surface area (Å²) in [5, 5.41) is 5.22. The molecule has 178 valence electrons. The van der Waals surface area contributed by atoms with Crippen molar-refractivity contribution in [3.8, 4) is 11.5 Å². The third kappa shape index (κ3) is 9.12. The first-order valence-electron chi connectivity index (χ1n) is 10.6. The molecule has 0 aromatic heterocycles. The Labute approximate surface area is 198 Å². The highest BCUT2D eigenvalue weighted by Crippen LogP contribution is 2.17. The third-order valence-corrected chi connectivity index (χ3v) is 4.53. The summed E-state index contributed by atoms with van der Waals surface area (Å²) in [6.45, 7) is 10.7. The van der Waals surface area contributed by atoms with Crippen LogP contribution in [0.2, 0.25) is 0 Å². The number of nitrogens with one attached hydrogen (secondary N) is 2. The SMILES string of the molecule is C=C(C)C(=O)Cc1ccc(OC(=O)NCCCC(=O)Oc2ccc(NC(=O)C(=C)C)cc2)cc1. The molecular formula is C26H28N2O6. The molecule has 2 N–H and O–H groups in total. The number of anilines is 1. The lowest BCUT2D eigenvalue weighted by Crippen LogP contribution is -2.28. The fourth-order valence-corrected chi connectivity index (χ4v) is 2.60. The summed E-state index contributed by atoms with van der Waals surface area (Å²) in [5.74, 6) is -0.101. The lowest BCUT2D eigenvalue weighted by molar-refractivity contribution is -0.134. The van der Waals surface area contributed by atoms with Crippen molar-refractivity contribution < 1.29 is 28.7 Å². The van der Waals surface area contributed by atoms with Crippen LogP contribution in [-0.4, -0.2) is 30.3 Å². The summed E-state index contributed by atoms with van der Waals surface area (Å²) < 4.78 is 10.4. The largest absolute Gasteiger partial charge is 0.427 e. The number of ether oxygens (including phenoxy) is 2. The van der Waals surface area contributed by atoms with Crippen LogP contribution in [0.15, 0.2) is 72.8 Å². The minimum Gasteiger partial charge on any atom is -0.427 e. The van der Waals surface area contributed by atoms with Crippen molar-refractivity contribution in [3.05, 3.63) is 78.4 Å². The summed E-state index contributed by atoms with van der Waals surface area (Å²) in [4.78, 5) is 47.2. The number of hydrogen-bond acceptors (Lipinski definition) is 6. The number of allylic oxidation sites excluding steroid dienone is 1. The Balaban J connectivity index is 1.67. The van der Waals surface area contributed by atoms with E-state index in [0.29, 0.717) is 34.8 Å². The van der Waals surface area contributed by atoms with Crippen LogP contribution in [0.1, 0.15) is 32.3 Å². The normalized spacial score (nSPS) is 10.1. The van der Waals surface area contributed by atoms with Gasteiger partial charge in [-0.25, -0.2) is 4.79 Å². The fraction of sp³-hybridized carbons (Fsp3) is 0.231. The molecule has 0 saturated carbocycles. The summed E-state index contributed by atoms with van der Waals surface area (Å²) in [7, 11) is 0. The van der Waals surface area contributed by atoms with Gasteiger partial charge in [0, 0.05) is 30.6 Å². The van der Waals surface area contributed by atoms with Gasteiger partial charge in [-0.2, -0.15) is 0 Å². The summed E-state index contributed by atoms with van der Waals surface area (Å²) in [6, 6.07) is 13.0. The zero-order valence-electron chi connectivity index (χ0n) is 19.3. The Kier molecular flexibility index (Phi) is 9.76. The molecular weight excluding hydrogens is 436 g/mol. The van der Waals surface area contributed by atoms with E-state index in [4.69, 9.17) is 9.47 Å². The monoisotopic (exact) mass is 464 g/mol. The number of rotatable bonds is 11. The molecule has 0 fully saturated rings. The van der Waals surface area contributed by atoms with Gasteiger partial charge in [0.2, 0.25) is 0 Å². The number of Topliss-reactive ketones (excluding diaryl/α,β-unsaturated/α-hetero) is 1. The molecule has 2 aromatic rings. The molecule has 0 atom stereocenters. The van der Waals surface area contributed by atoms with Gasteiger partial charge in [-0.1, -0.05) is 25.3 Å². The van der Waals surface area contributed by atoms with Gasteiger partial charge in [0.05, 0.1) is 0 Å². The standard InChI is InChI=1S/C26H28N2O6/c1-17(2)23(29)16-19-7-11-22(12-8-19)34-26(32)27-15-5-6-24(30)33-21-13-9-20(10-14-21)28-25(31)18(3)4/h7-14H,1,3,5-6,15-16H2,2,4H3,(H,27,32)(H,28,31). The van der Waals surface area contributed by atoms with Gasteiger partial charge in [-0.15, -0.1) is 0 Å². The summed E-state index contributed by atoms with van der Waals surface area (Å²) in [6.07, 6.45) is 0.0578. The molecule has 0 spiro atoms. The van der Waals surface area contributed by atoms with Crippen LogP contribution in [0.25, 0.3) is 0 Å². The minimum atomic E-state index is -0.647. The lowest BCUT2D eigenvalue weighted by Gasteiger charge is -2.08. The number of benzene rings is 2. The van der Waals surface area contributed by atoms with Gasteiger partial charge in [-0.3, -0.25) is 14.4 Å². The maximum atomic E-state index is 12.0. The van der Waals surface area contributed by atoms with Gasteiger partial charge >= 0.3 is 12.1 Å². The molecule has 0 saturated heterocycles. The van der Waals surface area contributed by atoms with Gasteiger partial charge in [-0.05, 0) is 67.8 Å². The molecule has 8 heteroatoms. The van der Waals surface area contributed by atoms with Crippen molar-refractivity contribution >= 4 is 29.4 Å².